The van der Waals surface area contributed by atoms with Crippen LogP contribution in [0.25, 0.3) is 11.5 Å². The van der Waals surface area contributed by atoms with Gasteiger partial charge in [-0.05, 0) is 30.3 Å². The third-order valence-electron chi connectivity index (χ3n) is 3.42. The van der Waals surface area contributed by atoms with Crippen molar-refractivity contribution in [2.24, 2.45) is 5.73 Å². The van der Waals surface area contributed by atoms with Crippen molar-refractivity contribution in [3.05, 3.63) is 58.6 Å². The number of nitrogens with two attached hydrogens (primary N) is 1. The van der Waals surface area contributed by atoms with Crippen LogP contribution in [0.2, 0.25) is 5.02 Å². The maximum Gasteiger partial charge on any atom is 0.277 e. The molecule has 1 aromatic heterocycles. The highest BCUT2D eigenvalue weighted by atomic mass is 35.5. The number of hydrogen-bond donors (Lipinski definition) is 2. The molecule has 7 nitrogen and oxygen atoms in total. The third kappa shape index (κ3) is 4.65. The van der Waals surface area contributed by atoms with E-state index in [-0.39, 0.29) is 22.6 Å². The highest BCUT2D eigenvalue weighted by Crippen LogP contribution is 2.25. The monoisotopic (exact) mass is 424 g/mol. The fraction of sp³-hybridized carbons (Fsp3) is 0.0588. The normalized spacial score (nSPS) is 10.7. The van der Waals surface area contributed by atoms with E-state index in [9.17, 15) is 18.4 Å². The van der Waals surface area contributed by atoms with Crippen molar-refractivity contribution in [1.29, 1.82) is 0 Å². The van der Waals surface area contributed by atoms with Crippen LogP contribution >= 0.6 is 23.4 Å². The number of benzene rings is 2. The molecule has 0 saturated carbocycles. The zero-order valence-corrected chi connectivity index (χ0v) is 15.5. The van der Waals surface area contributed by atoms with Gasteiger partial charge in [-0.3, -0.25) is 9.59 Å². The van der Waals surface area contributed by atoms with Gasteiger partial charge in [-0.2, -0.15) is 0 Å². The lowest BCUT2D eigenvalue weighted by molar-refractivity contribution is -0.113. The van der Waals surface area contributed by atoms with Crippen molar-refractivity contribution in [3.63, 3.8) is 0 Å². The number of amides is 2. The predicted octanol–water partition coefficient (Wildman–Crippen LogP) is 3.50. The lowest BCUT2D eigenvalue weighted by atomic mass is 10.1. The van der Waals surface area contributed by atoms with Gasteiger partial charge >= 0.3 is 0 Å². The summed E-state index contributed by atoms with van der Waals surface area (Å²) in [7, 11) is 0. The number of nitrogens with zero attached hydrogens (tertiary/aromatic N) is 2. The molecule has 0 spiro atoms. The second-order valence-electron chi connectivity index (χ2n) is 5.39. The molecule has 144 valence electrons. The lowest BCUT2D eigenvalue weighted by Gasteiger charge is -2.07. The summed E-state index contributed by atoms with van der Waals surface area (Å²) in [5, 5.41) is 10.6. The Morgan fingerprint density at radius 1 is 1.14 bits per heavy atom. The molecule has 0 atom stereocenters. The van der Waals surface area contributed by atoms with Crippen molar-refractivity contribution in [3.8, 4) is 11.5 Å². The maximum absolute atomic E-state index is 13.8. The molecule has 3 aromatic rings. The summed E-state index contributed by atoms with van der Waals surface area (Å²) in [6.07, 6.45) is 0. The first kappa shape index (κ1) is 19.8. The van der Waals surface area contributed by atoms with Crippen molar-refractivity contribution >= 4 is 40.9 Å². The number of anilines is 1. The predicted molar refractivity (Wildman–Crippen MR) is 99.0 cm³/mol. The second-order valence-corrected chi connectivity index (χ2v) is 6.76. The summed E-state index contributed by atoms with van der Waals surface area (Å²) >= 11 is 6.73. The molecule has 0 aliphatic rings. The number of primary amides is 1. The summed E-state index contributed by atoms with van der Waals surface area (Å²) < 4.78 is 32.7. The molecular weight excluding hydrogens is 414 g/mol. The summed E-state index contributed by atoms with van der Waals surface area (Å²) in [6.45, 7) is 0. The molecule has 1 heterocycles. The van der Waals surface area contributed by atoms with Gasteiger partial charge < -0.3 is 15.5 Å². The molecule has 3 N–H and O–H groups in total. The first-order chi connectivity index (χ1) is 13.3. The number of carbonyl (C=O) groups excluding carboxylic acids is 2. The van der Waals surface area contributed by atoms with E-state index in [1.54, 1.807) is 24.3 Å². The zero-order valence-electron chi connectivity index (χ0n) is 13.9. The van der Waals surface area contributed by atoms with Crippen molar-refractivity contribution < 1.29 is 22.8 Å². The van der Waals surface area contributed by atoms with Gasteiger partial charge in [0.15, 0.2) is 0 Å². The summed E-state index contributed by atoms with van der Waals surface area (Å²) in [5.41, 5.74) is 4.76. The molecule has 0 fully saturated rings. The maximum atomic E-state index is 13.8. The van der Waals surface area contributed by atoms with Crippen LogP contribution in [0.5, 0.6) is 0 Å². The van der Waals surface area contributed by atoms with E-state index in [2.05, 4.69) is 15.5 Å². The van der Waals surface area contributed by atoms with Gasteiger partial charge in [0, 0.05) is 16.7 Å². The van der Waals surface area contributed by atoms with Gasteiger partial charge in [0.1, 0.15) is 11.6 Å². The number of rotatable bonds is 6. The fourth-order valence-corrected chi connectivity index (χ4v) is 2.81. The Kier molecular flexibility index (Phi) is 5.90. The number of hydrogen-bond acceptors (Lipinski definition) is 6. The number of thioether (sulfide) groups is 1. The molecule has 0 saturated heterocycles. The topological polar surface area (TPSA) is 111 Å². The lowest BCUT2D eigenvalue weighted by Crippen LogP contribution is -2.18. The minimum Gasteiger partial charge on any atom is -0.411 e. The molecule has 0 aliphatic heterocycles. The molecule has 2 aromatic carbocycles. The molecule has 0 aliphatic carbocycles. The standard InChI is InChI=1S/C17H11ClF2N4O3S/c18-9-3-1-8(2-4-9)16-23-24-17(27-16)28-7-14(25)22-13-5-10(15(21)26)11(19)6-12(13)20/h1-6H,7H2,(H2,21,26)(H,22,25). The van der Waals surface area contributed by atoms with Gasteiger partial charge in [0.2, 0.25) is 11.8 Å². The van der Waals surface area contributed by atoms with E-state index < -0.39 is 29.0 Å². The number of carbonyl (C=O) groups is 2. The highest BCUT2D eigenvalue weighted by Gasteiger charge is 2.16. The quantitative estimate of drug-likeness (QED) is 0.586. The van der Waals surface area contributed by atoms with Crippen LogP contribution in [0.1, 0.15) is 10.4 Å². The van der Waals surface area contributed by atoms with E-state index in [0.717, 1.165) is 17.8 Å². The van der Waals surface area contributed by atoms with Gasteiger partial charge in [-0.25, -0.2) is 8.78 Å². The SMILES string of the molecule is NC(=O)c1cc(NC(=O)CSc2nnc(-c3ccc(Cl)cc3)o2)c(F)cc1F. The Labute approximate surface area is 166 Å². The number of aromatic nitrogens is 2. The molecule has 0 radical (unpaired) electrons. The van der Waals surface area contributed by atoms with Gasteiger partial charge in [-0.1, -0.05) is 23.4 Å². The van der Waals surface area contributed by atoms with Crippen molar-refractivity contribution in [2.75, 3.05) is 11.1 Å². The zero-order chi connectivity index (χ0) is 20.3. The van der Waals surface area contributed by atoms with Crippen LogP contribution in [0.4, 0.5) is 14.5 Å². The van der Waals surface area contributed by atoms with Crippen LogP contribution in [-0.2, 0) is 4.79 Å². The van der Waals surface area contributed by atoms with E-state index in [0.29, 0.717) is 16.7 Å². The van der Waals surface area contributed by atoms with Gasteiger partial charge in [0.25, 0.3) is 11.1 Å². The third-order valence-corrected chi connectivity index (χ3v) is 4.49. The second kappa shape index (κ2) is 8.36. The minimum absolute atomic E-state index is 0.123. The Morgan fingerprint density at radius 3 is 2.54 bits per heavy atom. The minimum atomic E-state index is -1.11. The van der Waals surface area contributed by atoms with Crippen molar-refractivity contribution in [2.45, 2.75) is 5.22 Å². The molecule has 0 unspecified atom stereocenters. The van der Waals surface area contributed by atoms with Crippen LogP contribution < -0.4 is 11.1 Å². The Morgan fingerprint density at radius 2 is 1.86 bits per heavy atom. The van der Waals surface area contributed by atoms with Crippen LogP contribution in [0, 0.1) is 11.6 Å². The molecule has 11 heteroatoms. The molecule has 0 bridgehead atoms. The number of halogens is 3. The Balaban J connectivity index is 1.63. The van der Waals surface area contributed by atoms with Crippen LogP contribution in [0.3, 0.4) is 0 Å². The van der Waals surface area contributed by atoms with Crippen molar-refractivity contribution in [1.82, 2.24) is 10.2 Å². The summed E-state index contributed by atoms with van der Waals surface area (Å²) in [5.74, 6) is -3.80. The fourth-order valence-electron chi connectivity index (χ4n) is 2.12. The van der Waals surface area contributed by atoms with E-state index in [1.807, 2.05) is 0 Å². The van der Waals surface area contributed by atoms with Crippen LogP contribution in [-0.4, -0.2) is 27.8 Å². The van der Waals surface area contributed by atoms with Gasteiger partial charge in [0.05, 0.1) is 17.0 Å². The average Bonchev–Trinajstić information content (AvgIpc) is 3.11. The number of nitrogens with one attached hydrogen (secondary N) is 1. The van der Waals surface area contributed by atoms with Crippen LogP contribution in [0.15, 0.2) is 46.0 Å². The van der Waals surface area contributed by atoms with Gasteiger partial charge in [-0.15, -0.1) is 10.2 Å². The molecule has 28 heavy (non-hydrogen) atoms. The van der Waals surface area contributed by atoms with E-state index in [1.165, 1.54) is 0 Å². The smallest absolute Gasteiger partial charge is 0.277 e. The first-order valence-electron chi connectivity index (χ1n) is 7.64. The summed E-state index contributed by atoms with van der Waals surface area (Å²) in [6, 6.07) is 8.04. The van der Waals surface area contributed by atoms with E-state index >= 15 is 0 Å². The largest absolute Gasteiger partial charge is 0.411 e. The molecule has 3 rings (SSSR count). The first-order valence-corrected chi connectivity index (χ1v) is 9.01. The summed E-state index contributed by atoms with van der Waals surface area (Å²) in [4.78, 5) is 23.1. The average molecular weight is 425 g/mol. The highest BCUT2D eigenvalue weighted by molar-refractivity contribution is 7.99. The molecular formula is C17H11ClF2N4O3S. The Hall–Kier alpha value is -2.98. The Bertz CT molecular complexity index is 1040. The molecule has 2 amide bonds. The van der Waals surface area contributed by atoms with E-state index in [4.69, 9.17) is 21.8 Å².